The van der Waals surface area contributed by atoms with Crippen molar-refractivity contribution in [3.05, 3.63) is 58.7 Å². The van der Waals surface area contributed by atoms with Crippen LogP contribution in [0.5, 0.6) is 17.5 Å². The van der Waals surface area contributed by atoms with Crippen LogP contribution in [0, 0.1) is 12.7 Å². The molecule has 0 radical (unpaired) electrons. The Kier molecular flexibility index (Phi) is 7.86. The number of nitrogens with zero attached hydrogens (tertiary/aromatic N) is 3. The lowest BCUT2D eigenvalue weighted by Gasteiger charge is -2.43. The molecule has 1 aromatic carbocycles. The van der Waals surface area contributed by atoms with Crippen LogP contribution in [0.4, 0.5) is 36.4 Å². The minimum absolute atomic E-state index is 0.123. The monoisotopic (exact) mass is 622 g/mol. The highest BCUT2D eigenvalue weighted by molar-refractivity contribution is 7.90. The molecule has 17 heteroatoms. The van der Waals surface area contributed by atoms with E-state index >= 15 is 4.39 Å². The van der Waals surface area contributed by atoms with Crippen LogP contribution in [0.2, 0.25) is 0 Å². The van der Waals surface area contributed by atoms with E-state index in [0.29, 0.717) is 6.20 Å². The average molecular weight is 623 g/mol. The van der Waals surface area contributed by atoms with Gasteiger partial charge in [0.15, 0.2) is 21.3 Å². The van der Waals surface area contributed by atoms with E-state index in [0.717, 1.165) is 26.4 Å². The van der Waals surface area contributed by atoms with Gasteiger partial charge in [0.25, 0.3) is 17.7 Å². The maximum atomic E-state index is 15.4. The lowest BCUT2D eigenvalue weighted by atomic mass is 9.64. The van der Waals surface area contributed by atoms with E-state index in [-0.39, 0.29) is 17.0 Å². The SMILES string of the molecule is COc1c(Oc2nnc(C(F)(F)F)c(C)c2C(=O)Nc2cccc(S(C)(=O)=O)c2)ncc(C2(C(F)(F)F)CCC2)c1F. The summed E-state index contributed by atoms with van der Waals surface area (Å²) in [6.45, 7) is 0.879. The van der Waals surface area contributed by atoms with Gasteiger partial charge in [0.2, 0.25) is 5.75 Å². The number of hydrogen-bond acceptors (Lipinski definition) is 8. The van der Waals surface area contributed by atoms with Crippen LogP contribution in [0.1, 0.15) is 46.4 Å². The molecule has 3 aromatic rings. The zero-order valence-corrected chi connectivity index (χ0v) is 22.8. The number of amides is 1. The van der Waals surface area contributed by atoms with Crippen LogP contribution >= 0.6 is 0 Å². The highest BCUT2D eigenvalue weighted by Gasteiger charge is 2.61. The van der Waals surface area contributed by atoms with E-state index < -0.39 is 92.1 Å². The van der Waals surface area contributed by atoms with Crippen molar-refractivity contribution in [2.75, 3.05) is 18.7 Å². The quantitative estimate of drug-likeness (QED) is 0.330. The zero-order chi connectivity index (χ0) is 31.3. The number of carbonyl (C=O) groups is 1. The van der Waals surface area contributed by atoms with E-state index in [2.05, 4.69) is 20.5 Å². The Morgan fingerprint density at radius 3 is 2.26 bits per heavy atom. The first-order chi connectivity index (χ1) is 19.4. The molecule has 1 amide bonds. The number of hydrogen-bond donors (Lipinski definition) is 1. The number of halogens is 7. The van der Waals surface area contributed by atoms with Gasteiger partial charge >= 0.3 is 12.4 Å². The molecule has 1 saturated carbocycles. The summed E-state index contributed by atoms with van der Waals surface area (Å²) in [6.07, 6.45) is -9.00. The Bertz CT molecular complexity index is 1660. The fourth-order valence-electron chi connectivity index (χ4n) is 4.47. The smallest absolute Gasteiger partial charge is 0.435 e. The zero-order valence-electron chi connectivity index (χ0n) is 21.9. The summed E-state index contributed by atoms with van der Waals surface area (Å²) in [7, 11) is -2.81. The van der Waals surface area contributed by atoms with Gasteiger partial charge < -0.3 is 14.8 Å². The van der Waals surface area contributed by atoms with Crippen LogP contribution < -0.4 is 14.8 Å². The van der Waals surface area contributed by atoms with Crippen LogP contribution in [-0.2, 0) is 21.4 Å². The number of nitrogens with one attached hydrogen (secondary N) is 1. The number of rotatable bonds is 7. The molecule has 0 atom stereocenters. The first-order valence-corrected chi connectivity index (χ1v) is 13.8. The van der Waals surface area contributed by atoms with Crippen LogP contribution in [0.15, 0.2) is 35.4 Å². The second kappa shape index (κ2) is 10.7. The number of benzene rings is 1. The maximum absolute atomic E-state index is 15.4. The number of methoxy groups -OCH3 is 1. The van der Waals surface area contributed by atoms with E-state index in [1.165, 1.54) is 18.2 Å². The number of ether oxygens (including phenoxy) is 2. The average Bonchev–Trinajstić information content (AvgIpc) is 2.83. The van der Waals surface area contributed by atoms with Gasteiger partial charge in [-0.05, 0) is 43.5 Å². The van der Waals surface area contributed by atoms with Crippen molar-refractivity contribution in [1.82, 2.24) is 15.2 Å². The summed E-state index contributed by atoms with van der Waals surface area (Å²) < 4.78 is 132. The maximum Gasteiger partial charge on any atom is 0.435 e. The molecular weight excluding hydrogens is 601 g/mol. The predicted octanol–water partition coefficient (Wildman–Crippen LogP) is 5.78. The third-order valence-corrected chi connectivity index (χ3v) is 7.91. The van der Waals surface area contributed by atoms with Gasteiger partial charge in [-0.15, -0.1) is 10.2 Å². The number of alkyl halides is 6. The molecule has 0 saturated heterocycles. The van der Waals surface area contributed by atoms with Gasteiger partial charge in [0.05, 0.1) is 17.4 Å². The van der Waals surface area contributed by atoms with E-state index in [4.69, 9.17) is 9.47 Å². The molecule has 0 bridgehead atoms. The predicted molar refractivity (Wildman–Crippen MR) is 132 cm³/mol. The van der Waals surface area contributed by atoms with Gasteiger partial charge in [-0.3, -0.25) is 4.79 Å². The van der Waals surface area contributed by atoms with Crippen molar-refractivity contribution in [3.63, 3.8) is 0 Å². The standard InChI is InChI=1S/C25H21F7N4O5S/c1-12-16(20(37)34-13-6-4-7-14(10-13)42(3,38)39)21(36-35-19(12)24(27,28)29)41-22-18(40-2)17(26)15(11-33-22)23(8-5-9-23)25(30,31)32/h4,6-7,10-11H,5,8-9H2,1-3H3,(H,34,37). The summed E-state index contributed by atoms with van der Waals surface area (Å²) >= 11 is 0. The van der Waals surface area contributed by atoms with Gasteiger partial charge in [-0.2, -0.15) is 26.3 Å². The molecule has 0 aliphatic heterocycles. The minimum atomic E-state index is -5.07. The summed E-state index contributed by atoms with van der Waals surface area (Å²) in [5, 5.41) is 8.63. The van der Waals surface area contributed by atoms with Crippen molar-refractivity contribution >= 4 is 21.4 Å². The normalized spacial score (nSPS) is 15.1. The van der Waals surface area contributed by atoms with Gasteiger partial charge in [-0.1, -0.05) is 12.5 Å². The number of sulfone groups is 1. The van der Waals surface area contributed by atoms with Crippen molar-refractivity contribution in [1.29, 1.82) is 0 Å². The number of anilines is 1. The first-order valence-electron chi connectivity index (χ1n) is 11.9. The van der Waals surface area contributed by atoms with Crippen molar-refractivity contribution < 1.29 is 53.4 Å². The highest BCUT2D eigenvalue weighted by Crippen LogP contribution is 2.56. The van der Waals surface area contributed by atoms with Gasteiger partial charge in [-0.25, -0.2) is 17.8 Å². The summed E-state index contributed by atoms with van der Waals surface area (Å²) in [6, 6.07) is 4.82. The molecule has 42 heavy (non-hydrogen) atoms. The first kappa shape index (κ1) is 30.9. The third-order valence-electron chi connectivity index (χ3n) is 6.80. The molecule has 1 fully saturated rings. The Morgan fingerprint density at radius 2 is 1.74 bits per heavy atom. The van der Waals surface area contributed by atoms with Crippen LogP contribution in [0.3, 0.4) is 0 Å². The Balaban J connectivity index is 1.80. The van der Waals surface area contributed by atoms with E-state index in [1.54, 1.807) is 0 Å². The minimum Gasteiger partial charge on any atom is -0.489 e. The molecule has 1 N–H and O–H groups in total. The molecule has 0 unspecified atom stereocenters. The Labute approximate surface area is 234 Å². The highest BCUT2D eigenvalue weighted by atomic mass is 32.2. The molecule has 1 aliphatic carbocycles. The summed E-state index contributed by atoms with van der Waals surface area (Å²) in [4.78, 5) is 16.7. The van der Waals surface area contributed by atoms with Gasteiger partial charge in [0.1, 0.15) is 5.56 Å². The molecule has 2 aromatic heterocycles. The lowest BCUT2D eigenvalue weighted by Crippen LogP contribution is -2.48. The lowest BCUT2D eigenvalue weighted by molar-refractivity contribution is -0.213. The summed E-state index contributed by atoms with van der Waals surface area (Å²) in [5.74, 6) is -5.37. The van der Waals surface area contributed by atoms with E-state index in [1.807, 2.05) is 0 Å². The summed E-state index contributed by atoms with van der Waals surface area (Å²) in [5.41, 5.74) is -6.62. The van der Waals surface area contributed by atoms with Gasteiger partial charge in [0, 0.05) is 23.7 Å². The molecule has 226 valence electrons. The molecule has 1 aliphatic rings. The fourth-order valence-corrected chi connectivity index (χ4v) is 5.14. The molecular formula is C25H21F7N4O5S. The van der Waals surface area contributed by atoms with Crippen LogP contribution in [-0.4, -0.2) is 49.0 Å². The Morgan fingerprint density at radius 1 is 1.07 bits per heavy atom. The van der Waals surface area contributed by atoms with E-state index in [9.17, 15) is 39.6 Å². The van der Waals surface area contributed by atoms with Crippen molar-refractivity contribution in [2.45, 2.75) is 48.8 Å². The fraction of sp³-hybridized carbons (Fsp3) is 0.360. The van der Waals surface area contributed by atoms with Crippen molar-refractivity contribution in [3.8, 4) is 17.5 Å². The topological polar surface area (TPSA) is 120 Å². The second-order valence-corrected chi connectivity index (χ2v) is 11.5. The largest absolute Gasteiger partial charge is 0.489 e. The third kappa shape index (κ3) is 5.56. The van der Waals surface area contributed by atoms with Crippen LogP contribution in [0.25, 0.3) is 0 Å². The van der Waals surface area contributed by atoms with Crippen molar-refractivity contribution in [2.24, 2.45) is 0 Å². The number of carbonyl (C=O) groups excluding carboxylic acids is 1. The molecule has 4 rings (SSSR count). The number of aromatic nitrogens is 3. The Hall–Kier alpha value is -4.02. The molecule has 0 spiro atoms. The number of pyridine rings is 1. The molecule has 9 nitrogen and oxygen atoms in total. The molecule has 2 heterocycles. The second-order valence-electron chi connectivity index (χ2n) is 9.47.